The molecule has 0 saturated heterocycles. The Balaban J connectivity index is 2.22. The number of anilines is 1. The monoisotopic (exact) mass is 392 g/mol. The number of nitrogens with one attached hydrogen (secondary N) is 2. The summed E-state index contributed by atoms with van der Waals surface area (Å²) < 4.78 is 41.2. The van der Waals surface area contributed by atoms with E-state index < -0.39 is 15.8 Å². The van der Waals surface area contributed by atoms with E-state index >= 15 is 0 Å². The second-order valence-corrected chi connectivity index (χ2v) is 8.30. The van der Waals surface area contributed by atoms with Gasteiger partial charge in [0.15, 0.2) is 0 Å². The van der Waals surface area contributed by atoms with Crippen LogP contribution in [0.4, 0.5) is 10.1 Å². The molecule has 0 spiro atoms. The summed E-state index contributed by atoms with van der Waals surface area (Å²) in [7, 11) is -1.93. The second-order valence-electron chi connectivity index (χ2n) is 4.30. The predicted molar refractivity (Wildman–Crippen MR) is 86.9 cm³/mol. The zero-order chi connectivity index (χ0) is 15.5. The first-order chi connectivity index (χ1) is 9.92. The largest absolute Gasteiger partial charge is 0.319 e. The molecule has 2 aromatic rings. The summed E-state index contributed by atoms with van der Waals surface area (Å²) >= 11 is 4.37. The Morgan fingerprint density at radius 1 is 1.29 bits per heavy atom. The number of likely N-dealkylation sites (N-methyl/N-ethyl adjacent to an activating group) is 1. The number of hydrogen-bond donors (Lipinski definition) is 2. The first-order valence-electron chi connectivity index (χ1n) is 6.13. The van der Waals surface area contributed by atoms with Gasteiger partial charge in [0.2, 0.25) is 0 Å². The first-order valence-corrected chi connectivity index (χ1v) is 9.23. The van der Waals surface area contributed by atoms with Gasteiger partial charge in [0, 0.05) is 9.35 Å². The van der Waals surface area contributed by atoms with Crippen molar-refractivity contribution in [3.8, 4) is 0 Å². The molecule has 2 rings (SSSR count). The third-order valence-electron chi connectivity index (χ3n) is 2.70. The third kappa shape index (κ3) is 4.26. The Bertz CT molecular complexity index is 732. The van der Waals surface area contributed by atoms with Crippen LogP contribution in [0.15, 0.2) is 39.0 Å². The summed E-state index contributed by atoms with van der Waals surface area (Å²) in [4.78, 5) is 0.958. The average molecular weight is 393 g/mol. The molecule has 8 heteroatoms. The van der Waals surface area contributed by atoms with Gasteiger partial charge in [-0.1, -0.05) is 15.9 Å². The van der Waals surface area contributed by atoms with Crippen molar-refractivity contribution >= 4 is 43.0 Å². The molecule has 21 heavy (non-hydrogen) atoms. The van der Waals surface area contributed by atoms with Crippen LogP contribution in [-0.4, -0.2) is 22.0 Å². The Morgan fingerprint density at radius 2 is 2.05 bits per heavy atom. The highest BCUT2D eigenvalue weighted by atomic mass is 79.9. The molecule has 114 valence electrons. The normalized spacial score (nSPS) is 11.6. The van der Waals surface area contributed by atoms with Crippen LogP contribution in [0.25, 0.3) is 0 Å². The maximum Gasteiger partial charge on any atom is 0.271 e. The van der Waals surface area contributed by atoms with E-state index in [0.29, 0.717) is 4.47 Å². The molecule has 0 aliphatic rings. The highest BCUT2D eigenvalue weighted by Crippen LogP contribution is 2.27. The quantitative estimate of drug-likeness (QED) is 0.793. The van der Waals surface area contributed by atoms with Gasteiger partial charge in [-0.25, -0.2) is 12.8 Å². The Morgan fingerprint density at radius 3 is 2.76 bits per heavy atom. The van der Waals surface area contributed by atoms with Crippen molar-refractivity contribution in [1.82, 2.24) is 5.32 Å². The summed E-state index contributed by atoms with van der Waals surface area (Å²) in [5.74, 6) is -0.617. The van der Waals surface area contributed by atoms with Gasteiger partial charge >= 0.3 is 0 Å². The fourth-order valence-electron chi connectivity index (χ4n) is 1.66. The average Bonchev–Trinajstić information content (AvgIpc) is 2.90. The molecule has 1 heterocycles. The van der Waals surface area contributed by atoms with Crippen LogP contribution in [0.1, 0.15) is 4.88 Å². The van der Waals surface area contributed by atoms with E-state index in [0.717, 1.165) is 17.8 Å². The summed E-state index contributed by atoms with van der Waals surface area (Å²) in [6.45, 7) is 0.772. The molecular weight excluding hydrogens is 379 g/mol. The number of rotatable bonds is 6. The fourth-order valence-corrected chi connectivity index (χ4v) is 4.43. The number of hydrogen-bond acceptors (Lipinski definition) is 4. The zero-order valence-electron chi connectivity index (χ0n) is 11.2. The van der Waals surface area contributed by atoms with Crippen molar-refractivity contribution in [2.75, 3.05) is 18.3 Å². The van der Waals surface area contributed by atoms with Gasteiger partial charge in [0.25, 0.3) is 10.0 Å². The van der Waals surface area contributed by atoms with Crippen molar-refractivity contribution in [3.63, 3.8) is 0 Å². The van der Waals surface area contributed by atoms with Gasteiger partial charge in [-0.05, 0) is 50.3 Å². The lowest BCUT2D eigenvalue weighted by Gasteiger charge is -2.07. The maximum atomic E-state index is 13.6. The predicted octanol–water partition coefficient (Wildman–Crippen LogP) is 3.21. The number of benzene rings is 1. The van der Waals surface area contributed by atoms with E-state index in [-0.39, 0.29) is 9.90 Å². The van der Waals surface area contributed by atoms with Gasteiger partial charge < -0.3 is 5.32 Å². The molecule has 1 aromatic heterocycles. The molecule has 0 atom stereocenters. The fraction of sp³-hybridized carbons (Fsp3) is 0.231. The van der Waals surface area contributed by atoms with Gasteiger partial charge in [-0.3, -0.25) is 4.72 Å². The summed E-state index contributed by atoms with van der Waals surface area (Å²) in [5.41, 5.74) is -0.0745. The van der Waals surface area contributed by atoms with Crippen LogP contribution in [-0.2, 0) is 16.4 Å². The van der Waals surface area contributed by atoms with Crippen molar-refractivity contribution in [2.45, 2.75) is 10.6 Å². The number of sulfonamides is 1. The van der Waals surface area contributed by atoms with E-state index in [1.165, 1.54) is 35.6 Å². The number of halogens is 2. The lowest BCUT2D eigenvalue weighted by Crippen LogP contribution is -2.12. The van der Waals surface area contributed by atoms with Crippen LogP contribution in [0.3, 0.4) is 0 Å². The molecule has 0 aliphatic heterocycles. The highest BCUT2D eigenvalue weighted by Gasteiger charge is 2.18. The lowest BCUT2D eigenvalue weighted by molar-refractivity contribution is 0.600. The van der Waals surface area contributed by atoms with Gasteiger partial charge in [0.05, 0.1) is 5.69 Å². The van der Waals surface area contributed by atoms with Crippen LogP contribution >= 0.6 is 27.3 Å². The van der Waals surface area contributed by atoms with Crippen LogP contribution in [0.5, 0.6) is 0 Å². The smallest absolute Gasteiger partial charge is 0.271 e. The van der Waals surface area contributed by atoms with Crippen molar-refractivity contribution in [3.05, 3.63) is 45.5 Å². The minimum Gasteiger partial charge on any atom is -0.319 e. The molecule has 0 saturated carbocycles. The standard InChI is InChI=1S/C13H14BrFN2O2S2/c1-16-7-6-10-3-5-13(20-10)21(18,19)17-12-8-9(14)2-4-11(12)15/h2-5,8,16-17H,6-7H2,1H3. The Hall–Kier alpha value is -0.960. The van der Waals surface area contributed by atoms with Crippen LogP contribution in [0.2, 0.25) is 0 Å². The SMILES string of the molecule is CNCCc1ccc(S(=O)(=O)Nc2cc(Br)ccc2F)s1. The molecule has 0 radical (unpaired) electrons. The third-order valence-corrected chi connectivity index (χ3v) is 6.19. The minimum absolute atomic E-state index is 0.0745. The van der Waals surface area contributed by atoms with Gasteiger partial charge in [-0.2, -0.15) is 0 Å². The molecule has 0 fully saturated rings. The Labute approximate surface area is 135 Å². The number of thiophene rings is 1. The molecule has 0 aliphatic carbocycles. The van der Waals surface area contributed by atoms with Crippen LogP contribution in [0, 0.1) is 5.82 Å². The van der Waals surface area contributed by atoms with Crippen LogP contribution < -0.4 is 10.0 Å². The lowest BCUT2D eigenvalue weighted by atomic mass is 10.3. The molecular formula is C13H14BrFN2O2S2. The van der Waals surface area contributed by atoms with E-state index in [9.17, 15) is 12.8 Å². The molecule has 0 amide bonds. The van der Waals surface area contributed by atoms with Gasteiger partial charge in [0.1, 0.15) is 10.0 Å². The minimum atomic E-state index is -3.77. The van der Waals surface area contributed by atoms with E-state index in [1.807, 2.05) is 7.05 Å². The molecule has 0 unspecified atom stereocenters. The summed E-state index contributed by atoms with van der Waals surface area (Å²) in [6, 6.07) is 7.41. The highest BCUT2D eigenvalue weighted by molar-refractivity contribution is 9.10. The van der Waals surface area contributed by atoms with E-state index in [4.69, 9.17) is 0 Å². The molecule has 4 nitrogen and oxygen atoms in total. The van der Waals surface area contributed by atoms with Crippen molar-refractivity contribution < 1.29 is 12.8 Å². The maximum absolute atomic E-state index is 13.6. The van der Waals surface area contributed by atoms with Crippen molar-refractivity contribution in [1.29, 1.82) is 0 Å². The van der Waals surface area contributed by atoms with Gasteiger partial charge in [-0.15, -0.1) is 11.3 Å². The molecule has 2 N–H and O–H groups in total. The summed E-state index contributed by atoms with van der Waals surface area (Å²) in [6.07, 6.45) is 0.752. The summed E-state index contributed by atoms with van der Waals surface area (Å²) in [5, 5.41) is 3.00. The molecule has 1 aromatic carbocycles. The zero-order valence-corrected chi connectivity index (χ0v) is 14.4. The van der Waals surface area contributed by atoms with E-state index in [1.54, 1.807) is 6.07 Å². The van der Waals surface area contributed by atoms with Crippen molar-refractivity contribution in [2.24, 2.45) is 0 Å². The van der Waals surface area contributed by atoms with E-state index in [2.05, 4.69) is 26.0 Å². The molecule has 0 bridgehead atoms. The topological polar surface area (TPSA) is 58.2 Å². The second kappa shape index (κ2) is 6.87. The first kappa shape index (κ1) is 16.4. The Kier molecular flexibility index (Phi) is 5.37.